The lowest BCUT2D eigenvalue weighted by atomic mass is 10.1. The van der Waals surface area contributed by atoms with Crippen LogP contribution >= 0.6 is 0 Å². The van der Waals surface area contributed by atoms with Crippen LogP contribution in [0.5, 0.6) is 0 Å². The maximum absolute atomic E-state index is 5.95. The summed E-state index contributed by atoms with van der Waals surface area (Å²) >= 11 is 0. The van der Waals surface area contributed by atoms with Gasteiger partial charge in [-0.2, -0.15) is 4.98 Å². The van der Waals surface area contributed by atoms with Crippen LogP contribution in [-0.4, -0.2) is 27.9 Å². The van der Waals surface area contributed by atoms with Crippen molar-refractivity contribution in [1.29, 1.82) is 0 Å². The minimum atomic E-state index is 0.463. The van der Waals surface area contributed by atoms with E-state index in [2.05, 4.69) is 47.9 Å². The minimum absolute atomic E-state index is 0.463. The predicted molar refractivity (Wildman–Crippen MR) is 78.3 cm³/mol. The molecule has 0 fully saturated rings. The summed E-state index contributed by atoms with van der Waals surface area (Å²) in [5.41, 5.74) is 8.40. The fourth-order valence-electron chi connectivity index (χ4n) is 2.05. The maximum Gasteiger partial charge on any atom is 0.246 e. The molecule has 2 aromatic rings. The molecule has 0 unspecified atom stereocenters. The van der Waals surface area contributed by atoms with Crippen molar-refractivity contribution in [2.45, 2.75) is 27.3 Å². The van der Waals surface area contributed by atoms with E-state index >= 15 is 0 Å². The van der Waals surface area contributed by atoms with Crippen molar-refractivity contribution in [2.75, 3.05) is 23.7 Å². The highest BCUT2D eigenvalue weighted by atomic mass is 15.4. The Labute approximate surface area is 114 Å². The highest BCUT2D eigenvalue weighted by Crippen LogP contribution is 2.14. The van der Waals surface area contributed by atoms with Gasteiger partial charge in [0, 0.05) is 13.1 Å². The van der Waals surface area contributed by atoms with Crippen LogP contribution in [0.15, 0.2) is 24.3 Å². The van der Waals surface area contributed by atoms with E-state index in [0.29, 0.717) is 18.4 Å². The molecule has 1 aromatic carbocycles. The molecular weight excluding hydrogens is 238 g/mol. The van der Waals surface area contributed by atoms with Crippen LogP contribution in [0.4, 0.5) is 11.9 Å². The van der Waals surface area contributed by atoms with Crippen LogP contribution in [0, 0.1) is 6.92 Å². The fourth-order valence-corrected chi connectivity index (χ4v) is 2.05. The first kappa shape index (κ1) is 13.4. The first-order valence-corrected chi connectivity index (χ1v) is 6.65. The molecule has 0 atom stereocenters. The number of aryl methyl sites for hydroxylation is 1. The topological polar surface area (TPSA) is 60.0 Å². The zero-order chi connectivity index (χ0) is 13.8. The second kappa shape index (κ2) is 5.73. The summed E-state index contributed by atoms with van der Waals surface area (Å²) in [6, 6.07) is 8.24. The van der Waals surface area contributed by atoms with Gasteiger partial charge >= 0.3 is 0 Å². The molecule has 0 amide bonds. The monoisotopic (exact) mass is 259 g/mol. The van der Waals surface area contributed by atoms with E-state index in [1.807, 2.05) is 12.1 Å². The third-order valence-corrected chi connectivity index (χ3v) is 3.32. The van der Waals surface area contributed by atoms with Crippen molar-refractivity contribution in [3.05, 3.63) is 35.4 Å². The van der Waals surface area contributed by atoms with Gasteiger partial charge in [0.1, 0.15) is 0 Å². The van der Waals surface area contributed by atoms with E-state index in [1.165, 1.54) is 11.1 Å². The lowest BCUT2D eigenvalue weighted by Crippen LogP contribution is -2.23. The highest BCUT2D eigenvalue weighted by molar-refractivity contribution is 5.36. The maximum atomic E-state index is 5.95. The molecule has 0 bridgehead atoms. The third-order valence-electron chi connectivity index (χ3n) is 3.32. The smallest absolute Gasteiger partial charge is 0.246 e. The number of nitrogens with zero attached hydrogens (tertiary/aromatic N) is 4. The van der Waals surface area contributed by atoms with E-state index < -0.39 is 0 Å². The van der Waals surface area contributed by atoms with Gasteiger partial charge in [-0.1, -0.05) is 24.3 Å². The molecule has 0 aliphatic heterocycles. The van der Waals surface area contributed by atoms with E-state index in [9.17, 15) is 0 Å². The van der Waals surface area contributed by atoms with Gasteiger partial charge in [0.2, 0.25) is 11.9 Å². The Balaban J connectivity index is 2.24. The Morgan fingerprint density at radius 1 is 1.21 bits per heavy atom. The van der Waals surface area contributed by atoms with Crippen LogP contribution in [0.1, 0.15) is 25.0 Å². The van der Waals surface area contributed by atoms with Crippen molar-refractivity contribution in [3.63, 3.8) is 0 Å². The number of rotatable bonds is 5. The quantitative estimate of drug-likeness (QED) is 0.893. The average molecular weight is 259 g/mol. The van der Waals surface area contributed by atoms with Gasteiger partial charge in [-0.05, 0) is 31.9 Å². The molecular formula is C14H21N5. The van der Waals surface area contributed by atoms with Gasteiger partial charge < -0.3 is 10.6 Å². The Hall–Kier alpha value is -2.04. The van der Waals surface area contributed by atoms with Crippen LogP contribution < -0.4 is 10.6 Å². The fraction of sp³-hybridized carbons (Fsp3) is 0.429. The van der Waals surface area contributed by atoms with Crippen LogP contribution in [0.25, 0.3) is 0 Å². The molecule has 0 aliphatic rings. The molecule has 5 nitrogen and oxygen atoms in total. The highest BCUT2D eigenvalue weighted by Gasteiger charge is 2.12. The molecule has 0 spiro atoms. The lowest BCUT2D eigenvalue weighted by Gasteiger charge is -2.15. The molecule has 0 saturated heterocycles. The summed E-state index contributed by atoms with van der Waals surface area (Å²) in [6.07, 6.45) is 0. The number of hydrogen-bond donors (Lipinski definition) is 1. The van der Waals surface area contributed by atoms with Crippen molar-refractivity contribution in [1.82, 2.24) is 14.8 Å². The third kappa shape index (κ3) is 2.86. The number of anilines is 2. The van der Waals surface area contributed by atoms with E-state index in [0.717, 1.165) is 13.1 Å². The Bertz CT molecular complexity index is 543. The average Bonchev–Trinajstić information content (AvgIpc) is 2.75. The first-order valence-electron chi connectivity index (χ1n) is 6.65. The zero-order valence-electron chi connectivity index (χ0n) is 11.8. The number of nitrogen functional groups attached to an aromatic ring is 1. The summed E-state index contributed by atoms with van der Waals surface area (Å²) in [6.45, 7) is 8.68. The second-order valence-electron chi connectivity index (χ2n) is 4.53. The normalized spacial score (nSPS) is 10.7. The standard InChI is InChI=1S/C14H21N5/c1-4-18(5-2)14-16-13(15)19(17-14)10-12-9-7-6-8-11(12)3/h6-9H,4-5,10H2,1-3H3,(H2,15,16,17). The van der Waals surface area contributed by atoms with Gasteiger partial charge in [-0.25, -0.2) is 4.68 Å². The Kier molecular flexibility index (Phi) is 4.04. The number of aromatic nitrogens is 3. The van der Waals surface area contributed by atoms with Gasteiger partial charge in [0.15, 0.2) is 0 Å². The molecule has 0 radical (unpaired) electrons. The molecule has 102 valence electrons. The summed E-state index contributed by atoms with van der Waals surface area (Å²) in [5, 5.41) is 4.49. The second-order valence-corrected chi connectivity index (χ2v) is 4.53. The van der Waals surface area contributed by atoms with Crippen molar-refractivity contribution in [3.8, 4) is 0 Å². The minimum Gasteiger partial charge on any atom is -0.368 e. The van der Waals surface area contributed by atoms with Gasteiger partial charge in [0.25, 0.3) is 0 Å². The van der Waals surface area contributed by atoms with Crippen molar-refractivity contribution >= 4 is 11.9 Å². The number of benzene rings is 1. The SMILES string of the molecule is CCN(CC)c1nc(N)n(Cc2ccccc2C)n1. The molecule has 1 heterocycles. The lowest BCUT2D eigenvalue weighted by molar-refractivity contribution is 0.684. The van der Waals surface area contributed by atoms with E-state index in [1.54, 1.807) is 4.68 Å². The predicted octanol–water partition coefficient (Wildman–Crippen LogP) is 2.06. The number of hydrogen-bond acceptors (Lipinski definition) is 4. The van der Waals surface area contributed by atoms with Crippen molar-refractivity contribution in [2.24, 2.45) is 0 Å². The molecule has 2 rings (SSSR count). The zero-order valence-corrected chi connectivity index (χ0v) is 11.8. The van der Waals surface area contributed by atoms with Gasteiger partial charge in [0.05, 0.1) is 6.54 Å². The summed E-state index contributed by atoms with van der Waals surface area (Å²) in [4.78, 5) is 6.42. The van der Waals surface area contributed by atoms with Crippen LogP contribution in [0.2, 0.25) is 0 Å². The molecule has 2 N–H and O–H groups in total. The van der Waals surface area contributed by atoms with E-state index in [-0.39, 0.29) is 0 Å². The van der Waals surface area contributed by atoms with Gasteiger partial charge in [-0.15, -0.1) is 5.10 Å². The molecule has 19 heavy (non-hydrogen) atoms. The number of nitrogens with two attached hydrogens (primary N) is 1. The van der Waals surface area contributed by atoms with Crippen LogP contribution in [-0.2, 0) is 6.54 Å². The molecule has 5 heteroatoms. The summed E-state index contributed by atoms with van der Waals surface area (Å²) < 4.78 is 1.76. The Morgan fingerprint density at radius 3 is 2.53 bits per heavy atom. The summed E-state index contributed by atoms with van der Waals surface area (Å²) in [5.74, 6) is 1.17. The van der Waals surface area contributed by atoms with E-state index in [4.69, 9.17) is 5.73 Å². The first-order chi connectivity index (χ1) is 9.15. The molecule has 0 aliphatic carbocycles. The largest absolute Gasteiger partial charge is 0.368 e. The molecule has 0 saturated carbocycles. The molecule has 1 aromatic heterocycles. The van der Waals surface area contributed by atoms with Crippen LogP contribution in [0.3, 0.4) is 0 Å². The van der Waals surface area contributed by atoms with Gasteiger partial charge in [-0.3, -0.25) is 0 Å². The van der Waals surface area contributed by atoms with Crippen molar-refractivity contribution < 1.29 is 0 Å². The summed E-state index contributed by atoms with van der Waals surface area (Å²) in [7, 11) is 0. The Morgan fingerprint density at radius 2 is 1.89 bits per heavy atom.